The average molecular weight is 539 g/mol. The molecule has 0 spiro atoms. The van der Waals surface area contributed by atoms with Crippen molar-refractivity contribution in [1.82, 2.24) is 20.1 Å². The van der Waals surface area contributed by atoms with Crippen molar-refractivity contribution in [3.63, 3.8) is 0 Å². The van der Waals surface area contributed by atoms with Crippen LogP contribution in [0.3, 0.4) is 0 Å². The molecule has 2 aromatic carbocycles. The van der Waals surface area contributed by atoms with Crippen LogP contribution < -0.4 is 10.1 Å². The second kappa shape index (κ2) is 11.5. The molecule has 7 nitrogen and oxygen atoms in total. The molecule has 0 unspecified atom stereocenters. The van der Waals surface area contributed by atoms with Gasteiger partial charge in [-0.15, -0.1) is 0 Å². The number of carbonyl (C=O) groups is 1. The van der Waals surface area contributed by atoms with Gasteiger partial charge in [-0.3, -0.25) is 4.79 Å². The molecule has 0 radical (unpaired) electrons. The summed E-state index contributed by atoms with van der Waals surface area (Å²) >= 11 is 6.66. The molecular weight excluding hydrogens is 507 g/mol. The SMILES string of the molecule is Cc1cc(Cl)c(COc2cccc3c(-n4cc(F)cn4)cc(C)nc23)c([C@H](C)NC(=O)[C@H](O)CC(C)C)c1. The number of nitrogens with one attached hydrogen (secondary N) is 1. The Hall–Kier alpha value is -3.49. The van der Waals surface area contributed by atoms with E-state index in [1.165, 1.54) is 10.9 Å². The first-order chi connectivity index (χ1) is 18.0. The molecule has 0 saturated heterocycles. The second-order valence-corrected chi connectivity index (χ2v) is 10.4. The van der Waals surface area contributed by atoms with Crippen molar-refractivity contribution in [2.24, 2.45) is 5.92 Å². The van der Waals surface area contributed by atoms with E-state index in [4.69, 9.17) is 16.3 Å². The summed E-state index contributed by atoms with van der Waals surface area (Å²) in [5.74, 6) is -0.132. The van der Waals surface area contributed by atoms with Gasteiger partial charge in [0.1, 0.15) is 24.0 Å². The lowest BCUT2D eigenvalue weighted by Crippen LogP contribution is -2.37. The minimum absolute atomic E-state index is 0.129. The van der Waals surface area contributed by atoms with Gasteiger partial charge in [-0.05, 0) is 62.4 Å². The number of halogens is 2. The van der Waals surface area contributed by atoms with E-state index in [9.17, 15) is 14.3 Å². The summed E-state index contributed by atoms with van der Waals surface area (Å²) in [5.41, 5.74) is 4.49. The Morgan fingerprint density at radius 3 is 2.66 bits per heavy atom. The van der Waals surface area contributed by atoms with Crippen LogP contribution in [0.15, 0.2) is 48.8 Å². The van der Waals surface area contributed by atoms with Gasteiger partial charge in [0.25, 0.3) is 0 Å². The van der Waals surface area contributed by atoms with E-state index >= 15 is 0 Å². The quantitative estimate of drug-likeness (QED) is 0.273. The Labute approximate surface area is 226 Å². The number of benzene rings is 2. The van der Waals surface area contributed by atoms with Crippen LogP contribution in [0.1, 0.15) is 55.6 Å². The van der Waals surface area contributed by atoms with Gasteiger partial charge in [-0.2, -0.15) is 5.10 Å². The summed E-state index contributed by atoms with van der Waals surface area (Å²) in [4.78, 5) is 17.3. The maximum Gasteiger partial charge on any atom is 0.249 e. The van der Waals surface area contributed by atoms with Crippen LogP contribution in [0.5, 0.6) is 5.75 Å². The lowest BCUT2D eigenvalue weighted by atomic mass is 9.98. The maximum atomic E-state index is 13.7. The van der Waals surface area contributed by atoms with Crippen LogP contribution in [0.2, 0.25) is 5.02 Å². The van der Waals surface area contributed by atoms with Crippen LogP contribution in [0.4, 0.5) is 4.39 Å². The molecule has 2 aromatic heterocycles. The number of carbonyl (C=O) groups excluding carboxylic acids is 1. The number of fused-ring (bicyclic) bond motifs is 1. The molecule has 2 atom stereocenters. The predicted molar refractivity (Wildman–Crippen MR) is 146 cm³/mol. The number of aliphatic hydroxyl groups is 1. The number of aliphatic hydroxyl groups excluding tert-OH is 1. The molecule has 0 fully saturated rings. The van der Waals surface area contributed by atoms with Crippen molar-refractivity contribution in [1.29, 1.82) is 0 Å². The molecule has 0 aliphatic rings. The first kappa shape index (κ1) is 27.5. The van der Waals surface area contributed by atoms with E-state index in [1.807, 2.05) is 71.0 Å². The molecule has 9 heteroatoms. The maximum absolute atomic E-state index is 13.7. The Balaban J connectivity index is 1.64. The molecule has 0 aliphatic heterocycles. The molecule has 38 heavy (non-hydrogen) atoms. The van der Waals surface area contributed by atoms with Crippen LogP contribution in [-0.2, 0) is 11.4 Å². The van der Waals surface area contributed by atoms with Gasteiger partial charge >= 0.3 is 0 Å². The Bertz CT molecular complexity index is 1470. The molecule has 200 valence electrons. The zero-order valence-electron chi connectivity index (χ0n) is 22.1. The number of aryl methyl sites for hydroxylation is 2. The zero-order valence-corrected chi connectivity index (χ0v) is 22.9. The highest BCUT2D eigenvalue weighted by molar-refractivity contribution is 6.31. The zero-order chi connectivity index (χ0) is 27.6. The summed E-state index contributed by atoms with van der Waals surface area (Å²) in [6.07, 6.45) is 1.77. The first-order valence-corrected chi connectivity index (χ1v) is 12.9. The van der Waals surface area contributed by atoms with Crippen LogP contribution >= 0.6 is 11.6 Å². The molecule has 1 amide bonds. The molecule has 0 aliphatic carbocycles. The van der Waals surface area contributed by atoms with E-state index in [1.54, 1.807) is 0 Å². The lowest BCUT2D eigenvalue weighted by Gasteiger charge is -2.22. The predicted octanol–water partition coefficient (Wildman–Crippen LogP) is 5.99. The number of pyridine rings is 1. The number of ether oxygens (including phenoxy) is 1. The third kappa shape index (κ3) is 6.14. The van der Waals surface area contributed by atoms with E-state index < -0.39 is 23.9 Å². The lowest BCUT2D eigenvalue weighted by molar-refractivity contribution is -0.130. The van der Waals surface area contributed by atoms with Gasteiger partial charge in [0, 0.05) is 21.7 Å². The van der Waals surface area contributed by atoms with Gasteiger partial charge in [-0.25, -0.2) is 14.1 Å². The fourth-order valence-corrected chi connectivity index (χ4v) is 4.83. The number of hydrogen-bond donors (Lipinski definition) is 2. The Morgan fingerprint density at radius 2 is 1.97 bits per heavy atom. The van der Waals surface area contributed by atoms with Crippen molar-refractivity contribution in [3.8, 4) is 11.4 Å². The molecule has 4 aromatic rings. The smallest absolute Gasteiger partial charge is 0.249 e. The summed E-state index contributed by atoms with van der Waals surface area (Å²) < 4.78 is 21.4. The first-order valence-electron chi connectivity index (χ1n) is 12.5. The highest BCUT2D eigenvalue weighted by Gasteiger charge is 2.22. The number of rotatable bonds is 9. The van der Waals surface area contributed by atoms with Crippen molar-refractivity contribution < 1.29 is 19.0 Å². The summed E-state index contributed by atoms with van der Waals surface area (Å²) in [6, 6.07) is 10.8. The molecule has 0 saturated carbocycles. The highest BCUT2D eigenvalue weighted by Crippen LogP contribution is 2.32. The monoisotopic (exact) mass is 538 g/mol. The van der Waals surface area contributed by atoms with Gasteiger partial charge in [0.2, 0.25) is 5.91 Å². The number of amides is 1. The summed E-state index contributed by atoms with van der Waals surface area (Å²) in [5, 5.41) is 18.5. The fourth-order valence-electron chi connectivity index (χ4n) is 4.50. The molecule has 2 heterocycles. The molecule has 4 rings (SSSR count). The molecule has 2 N–H and O–H groups in total. The van der Waals surface area contributed by atoms with Crippen molar-refractivity contribution in [2.75, 3.05) is 0 Å². The van der Waals surface area contributed by atoms with E-state index in [-0.39, 0.29) is 12.5 Å². The largest absolute Gasteiger partial charge is 0.487 e. The minimum Gasteiger partial charge on any atom is -0.487 e. The molecule has 0 bridgehead atoms. The number of hydrogen-bond acceptors (Lipinski definition) is 5. The van der Waals surface area contributed by atoms with Crippen LogP contribution in [0, 0.1) is 25.6 Å². The molecular formula is C29H32ClFN4O3. The highest BCUT2D eigenvalue weighted by atomic mass is 35.5. The third-order valence-electron chi connectivity index (χ3n) is 6.28. The number of nitrogens with zero attached hydrogens (tertiary/aromatic N) is 3. The van der Waals surface area contributed by atoms with Crippen LogP contribution in [-0.4, -0.2) is 31.9 Å². The van der Waals surface area contributed by atoms with Crippen molar-refractivity contribution in [2.45, 2.75) is 59.8 Å². The normalized spacial score (nSPS) is 13.1. The van der Waals surface area contributed by atoms with Gasteiger partial charge < -0.3 is 15.2 Å². The summed E-state index contributed by atoms with van der Waals surface area (Å²) in [6.45, 7) is 9.67. The number of aromatic nitrogens is 3. The van der Waals surface area contributed by atoms with Gasteiger partial charge in [-0.1, -0.05) is 43.6 Å². The topological polar surface area (TPSA) is 89.3 Å². The Kier molecular flexibility index (Phi) is 8.33. The fraction of sp³-hybridized carbons (Fsp3) is 0.345. The van der Waals surface area contributed by atoms with E-state index in [0.717, 1.165) is 34.0 Å². The average Bonchev–Trinajstić information content (AvgIpc) is 3.28. The third-order valence-corrected chi connectivity index (χ3v) is 6.61. The van der Waals surface area contributed by atoms with E-state index in [2.05, 4.69) is 15.4 Å². The number of para-hydroxylation sites is 1. The summed E-state index contributed by atoms with van der Waals surface area (Å²) in [7, 11) is 0. The van der Waals surface area contributed by atoms with Gasteiger partial charge in [0.15, 0.2) is 5.82 Å². The van der Waals surface area contributed by atoms with Gasteiger partial charge in [0.05, 0.1) is 24.1 Å². The van der Waals surface area contributed by atoms with E-state index in [0.29, 0.717) is 28.4 Å². The standard InChI is InChI=1S/C29H32ClFN4O3/c1-16(2)9-26(36)29(37)34-19(5)22-10-17(3)11-24(30)23(22)15-38-27-8-6-7-21-25(12-18(4)33-28(21)27)35-14-20(31)13-32-35/h6-8,10-14,16,19,26,36H,9,15H2,1-5H3,(H,34,37)/t19-,26+/m0/s1. The van der Waals surface area contributed by atoms with Crippen molar-refractivity contribution in [3.05, 3.63) is 82.0 Å². The van der Waals surface area contributed by atoms with Crippen molar-refractivity contribution >= 4 is 28.4 Å². The second-order valence-electron chi connectivity index (χ2n) is 10.0. The Morgan fingerprint density at radius 1 is 1.21 bits per heavy atom. The minimum atomic E-state index is -1.08. The van der Waals surface area contributed by atoms with Crippen LogP contribution in [0.25, 0.3) is 16.6 Å².